The summed E-state index contributed by atoms with van der Waals surface area (Å²) in [6.45, 7) is 6.38. The maximum absolute atomic E-state index is 12.9. The predicted octanol–water partition coefficient (Wildman–Crippen LogP) is 4.11. The number of carbonyl (C=O) groups is 1. The SMILES string of the molecule is CC1=CC[C@H]2CN(C(=O)c3ccc(N4CCCCC4)cc3)C[C@H]2C1. The van der Waals surface area contributed by atoms with E-state index in [1.54, 1.807) is 0 Å². The van der Waals surface area contributed by atoms with Crippen molar-refractivity contribution in [1.82, 2.24) is 4.90 Å². The lowest BCUT2D eigenvalue weighted by Gasteiger charge is -2.29. The smallest absolute Gasteiger partial charge is 0.253 e. The van der Waals surface area contributed by atoms with Crippen molar-refractivity contribution in [2.45, 2.75) is 39.0 Å². The highest BCUT2D eigenvalue weighted by molar-refractivity contribution is 5.94. The summed E-state index contributed by atoms with van der Waals surface area (Å²) in [5, 5.41) is 0. The molecule has 0 spiro atoms. The van der Waals surface area contributed by atoms with Crippen LogP contribution in [0.5, 0.6) is 0 Å². The summed E-state index contributed by atoms with van der Waals surface area (Å²) in [6.07, 6.45) is 8.59. The van der Waals surface area contributed by atoms with E-state index in [4.69, 9.17) is 0 Å². The van der Waals surface area contributed by atoms with Crippen LogP contribution in [0.4, 0.5) is 5.69 Å². The fourth-order valence-corrected chi connectivity index (χ4v) is 4.60. The van der Waals surface area contributed by atoms with E-state index in [9.17, 15) is 4.79 Å². The van der Waals surface area contributed by atoms with E-state index >= 15 is 0 Å². The molecule has 2 fully saturated rings. The monoisotopic (exact) mass is 324 g/mol. The van der Waals surface area contributed by atoms with Gasteiger partial charge in [0.05, 0.1) is 0 Å². The number of nitrogens with zero attached hydrogens (tertiary/aromatic N) is 2. The number of rotatable bonds is 2. The van der Waals surface area contributed by atoms with Crippen LogP contribution in [0.3, 0.4) is 0 Å². The summed E-state index contributed by atoms with van der Waals surface area (Å²) < 4.78 is 0. The van der Waals surface area contributed by atoms with Gasteiger partial charge in [0.15, 0.2) is 0 Å². The molecule has 2 atom stereocenters. The topological polar surface area (TPSA) is 23.6 Å². The largest absolute Gasteiger partial charge is 0.372 e. The Labute approximate surface area is 145 Å². The number of fused-ring (bicyclic) bond motifs is 1. The van der Waals surface area contributed by atoms with Gasteiger partial charge in [-0.05, 0) is 75.1 Å². The molecule has 1 amide bonds. The molecule has 1 aromatic rings. The fraction of sp³-hybridized carbons (Fsp3) is 0.571. The van der Waals surface area contributed by atoms with Gasteiger partial charge in [0.25, 0.3) is 5.91 Å². The van der Waals surface area contributed by atoms with E-state index in [0.717, 1.165) is 38.2 Å². The number of benzene rings is 1. The Morgan fingerprint density at radius 3 is 2.46 bits per heavy atom. The first kappa shape index (κ1) is 15.7. The quantitative estimate of drug-likeness (QED) is 0.765. The molecule has 2 saturated heterocycles. The number of carbonyl (C=O) groups excluding carboxylic acids is 1. The molecule has 3 heteroatoms. The molecule has 1 aliphatic carbocycles. The third-order valence-electron chi connectivity index (χ3n) is 6.05. The van der Waals surface area contributed by atoms with Crippen LogP contribution in [-0.4, -0.2) is 37.0 Å². The summed E-state index contributed by atoms with van der Waals surface area (Å²) >= 11 is 0. The van der Waals surface area contributed by atoms with Crippen LogP contribution in [0, 0.1) is 11.8 Å². The van der Waals surface area contributed by atoms with E-state index in [2.05, 4.69) is 34.9 Å². The third-order valence-corrected chi connectivity index (χ3v) is 6.05. The average molecular weight is 324 g/mol. The van der Waals surface area contributed by atoms with Gasteiger partial charge in [-0.25, -0.2) is 0 Å². The van der Waals surface area contributed by atoms with Crippen LogP contribution in [0.2, 0.25) is 0 Å². The maximum atomic E-state index is 12.9. The molecule has 1 aromatic carbocycles. The van der Waals surface area contributed by atoms with E-state index in [1.165, 1.54) is 36.9 Å². The standard InChI is InChI=1S/C21H28N2O/c1-16-5-6-18-14-23(15-19(18)13-16)21(24)17-7-9-20(10-8-17)22-11-3-2-4-12-22/h5,7-10,18-19H,2-4,6,11-15H2,1H3/t18-,19+/m0/s1. The Morgan fingerprint density at radius 2 is 1.71 bits per heavy atom. The zero-order valence-corrected chi connectivity index (χ0v) is 14.7. The molecule has 0 saturated carbocycles. The van der Waals surface area contributed by atoms with Gasteiger partial charge < -0.3 is 9.80 Å². The molecule has 2 aliphatic heterocycles. The lowest BCUT2D eigenvalue weighted by Crippen LogP contribution is -2.30. The van der Waals surface area contributed by atoms with Gasteiger partial charge in [0.2, 0.25) is 0 Å². The van der Waals surface area contributed by atoms with Gasteiger partial charge in [-0.3, -0.25) is 4.79 Å². The molecular weight excluding hydrogens is 296 g/mol. The summed E-state index contributed by atoms with van der Waals surface area (Å²) in [6, 6.07) is 8.32. The molecule has 4 rings (SSSR count). The van der Waals surface area contributed by atoms with Crippen molar-refractivity contribution < 1.29 is 4.79 Å². The highest BCUT2D eigenvalue weighted by Crippen LogP contribution is 2.36. The normalized spacial score (nSPS) is 27.0. The Morgan fingerprint density at radius 1 is 1.00 bits per heavy atom. The summed E-state index contributed by atoms with van der Waals surface area (Å²) in [7, 11) is 0. The van der Waals surface area contributed by atoms with E-state index < -0.39 is 0 Å². The number of hydrogen-bond donors (Lipinski definition) is 0. The summed E-state index contributed by atoms with van der Waals surface area (Å²) in [5.74, 6) is 1.56. The minimum atomic E-state index is 0.215. The molecule has 2 heterocycles. The van der Waals surface area contributed by atoms with Crippen LogP contribution in [0.25, 0.3) is 0 Å². The van der Waals surface area contributed by atoms with Gasteiger partial charge in [-0.1, -0.05) is 11.6 Å². The summed E-state index contributed by atoms with van der Waals surface area (Å²) in [5.41, 5.74) is 3.61. The lowest BCUT2D eigenvalue weighted by molar-refractivity contribution is 0.0784. The van der Waals surface area contributed by atoms with Gasteiger partial charge in [-0.15, -0.1) is 0 Å². The maximum Gasteiger partial charge on any atom is 0.253 e. The fourth-order valence-electron chi connectivity index (χ4n) is 4.60. The van der Waals surface area contributed by atoms with Gasteiger partial charge in [0, 0.05) is 37.4 Å². The zero-order valence-electron chi connectivity index (χ0n) is 14.7. The van der Waals surface area contributed by atoms with E-state index in [1.807, 2.05) is 12.1 Å². The molecule has 3 aliphatic rings. The number of allylic oxidation sites excluding steroid dienone is 2. The van der Waals surface area contributed by atoms with E-state index in [-0.39, 0.29) is 5.91 Å². The third kappa shape index (κ3) is 3.09. The lowest BCUT2D eigenvalue weighted by atomic mass is 9.83. The van der Waals surface area contributed by atoms with Crippen LogP contribution < -0.4 is 4.90 Å². The number of piperidine rings is 1. The van der Waals surface area contributed by atoms with Crippen LogP contribution in [0.1, 0.15) is 49.4 Å². The average Bonchev–Trinajstić information content (AvgIpc) is 3.05. The van der Waals surface area contributed by atoms with E-state index in [0.29, 0.717) is 11.8 Å². The molecule has 0 radical (unpaired) electrons. The second kappa shape index (κ2) is 6.62. The van der Waals surface area contributed by atoms with Crippen molar-refractivity contribution in [3.8, 4) is 0 Å². The Balaban J connectivity index is 1.42. The molecule has 0 aromatic heterocycles. The summed E-state index contributed by atoms with van der Waals surface area (Å²) in [4.78, 5) is 17.4. The van der Waals surface area contributed by atoms with Crippen LogP contribution >= 0.6 is 0 Å². The van der Waals surface area contributed by atoms with Crippen LogP contribution in [-0.2, 0) is 0 Å². The zero-order chi connectivity index (χ0) is 16.5. The first-order valence-electron chi connectivity index (χ1n) is 9.50. The van der Waals surface area contributed by atoms with Crippen molar-refractivity contribution in [1.29, 1.82) is 0 Å². The molecule has 0 bridgehead atoms. The van der Waals surface area contributed by atoms with Crippen molar-refractivity contribution in [3.05, 3.63) is 41.5 Å². The molecule has 24 heavy (non-hydrogen) atoms. The number of hydrogen-bond acceptors (Lipinski definition) is 2. The second-order valence-corrected chi connectivity index (χ2v) is 7.82. The van der Waals surface area contributed by atoms with Crippen molar-refractivity contribution in [2.24, 2.45) is 11.8 Å². The molecule has 0 N–H and O–H groups in total. The number of likely N-dealkylation sites (tertiary alicyclic amines) is 1. The first-order valence-corrected chi connectivity index (χ1v) is 9.50. The molecule has 0 unspecified atom stereocenters. The predicted molar refractivity (Wildman–Crippen MR) is 98.4 cm³/mol. The van der Waals surface area contributed by atoms with Gasteiger partial charge in [0.1, 0.15) is 0 Å². The Kier molecular flexibility index (Phi) is 4.34. The van der Waals surface area contributed by atoms with Crippen molar-refractivity contribution in [2.75, 3.05) is 31.1 Å². The van der Waals surface area contributed by atoms with Crippen molar-refractivity contribution in [3.63, 3.8) is 0 Å². The highest BCUT2D eigenvalue weighted by atomic mass is 16.2. The van der Waals surface area contributed by atoms with Gasteiger partial charge >= 0.3 is 0 Å². The minimum absolute atomic E-state index is 0.215. The molecule has 3 nitrogen and oxygen atoms in total. The van der Waals surface area contributed by atoms with Crippen molar-refractivity contribution >= 4 is 11.6 Å². The Bertz CT molecular complexity index is 628. The first-order chi connectivity index (χ1) is 11.7. The van der Waals surface area contributed by atoms with Gasteiger partial charge in [-0.2, -0.15) is 0 Å². The number of amides is 1. The highest BCUT2D eigenvalue weighted by Gasteiger charge is 2.36. The minimum Gasteiger partial charge on any atom is -0.372 e. The Hall–Kier alpha value is -1.77. The van der Waals surface area contributed by atoms with Crippen LogP contribution in [0.15, 0.2) is 35.9 Å². The molecule has 128 valence electrons. The number of anilines is 1. The second-order valence-electron chi connectivity index (χ2n) is 7.82. The molecular formula is C21H28N2O.